The third kappa shape index (κ3) is 2.22. The predicted octanol–water partition coefficient (Wildman–Crippen LogP) is 2.95. The van der Waals surface area contributed by atoms with E-state index in [4.69, 9.17) is 0 Å². The molecule has 0 fully saturated rings. The van der Waals surface area contributed by atoms with E-state index in [0.717, 1.165) is 5.69 Å². The van der Waals surface area contributed by atoms with Gasteiger partial charge in [0.2, 0.25) is 0 Å². The molecule has 0 aliphatic rings. The standard InChI is InChI=1S/C10H14FN/c1-7(2)12-9-4-5-10(11)8(3)6-9/h4-7,12H,1-3H3. The van der Waals surface area contributed by atoms with Crippen LogP contribution in [0.5, 0.6) is 0 Å². The van der Waals surface area contributed by atoms with Crippen LogP contribution in [0.15, 0.2) is 18.2 Å². The van der Waals surface area contributed by atoms with Gasteiger partial charge in [0, 0.05) is 11.7 Å². The van der Waals surface area contributed by atoms with E-state index in [0.29, 0.717) is 11.6 Å². The molecule has 1 N–H and O–H groups in total. The van der Waals surface area contributed by atoms with E-state index in [9.17, 15) is 4.39 Å². The summed E-state index contributed by atoms with van der Waals surface area (Å²) in [5.41, 5.74) is 1.66. The fraction of sp³-hybridized carbons (Fsp3) is 0.400. The van der Waals surface area contributed by atoms with Crippen LogP contribution in [-0.2, 0) is 0 Å². The Bertz CT molecular complexity index is 269. The minimum absolute atomic E-state index is 0.149. The van der Waals surface area contributed by atoms with Crippen LogP contribution in [-0.4, -0.2) is 6.04 Å². The van der Waals surface area contributed by atoms with E-state index in [1.165, 1.54) is 6.07 Å². The molecule has 0 spiro atoms. The first-order chi connectivity index (χ1) is 5.59. The van der Waals surface area contributed by atoms with Gasteiger partial charge in [-0.05, 0) is 44.5 Å². The molecule has 0 saturated heterocycles. The molecule has 0 aliphatic carbocycles. The Morgan fingerprint density at radius 3 is 2.50 bits per heavy atom. The van der Waals surface area contributed by atoms with Crippen molar-refractivity contribution in [1.82, 2.24) is 0 Å². The lowest BCUT2D eigenvalue weighted by Gasteiger charge is -2.10. The SMILES string of the molecule is Cc1cc(NC(C)C)ccc1F. The molecule has 2 heteroatoms. The van der Waals surface area contributed by atoms with Crippen molar-refractivity contribution in [3.63, 3.8) is 0 Å². The smallest absolute Gasteiger partial charge is 0.126 e. The van der Waals surface area contributed by atoms with Gasteiger partial charge in [-0.1, -0.05) is 0 Å². The first-order valence-electron chi connectivity index (χ1n) is 4.12. The molecular weight excluding hydrogens is 153 g/mol. The van der Waals surface area contributed by atoms with Crippen molar-refractivity contribution in [2.75, 3.05) is 5.32 Å². The molecule has 0 atom stereocenters. The van der Waals surface area contributed by atoms with Crippen LogP contribution >= 0.6 is 0 Å². The number of hydrogen-bond acceptors (Lipinski definition) is 1. The maximum Gasteiger partial charge on any atom is 0.126 e. The average molecular weight is 167 g/mol. The molecule has 1 nitrogen and oxygen atoms in total. The third-order valence-corrected chi connectivity index (χ3v) is 1.61. The lowest BCUT2D eigenvalue weighted by atomic mass is 10.2. The average Bonchev–Trinajstić information content (AvgIpc) is 1.96. The first kappa shape index (κ1) is 9.04. The summed E-state index contributed by atoms with van der Waals surface area (Å²) in [6, 6.07) is 5.44. The molecule has 0 aromatic heterocycles. The molecule has 0 radical (unpaired) electrons. The van der Waals surface area contributed by atoms with E-state index in [1.54, 1.807) is 13.0 Å². The molecule has 0 unspecified atom stereocenters. The van der Waals surface area contributed by atoms with E-state index < -0.39 is 0 Å². The Morgan fingerprint density at radius 2 is 2.00 bits per heavy atom. The van der Waals surface area contributed by atoms with Gasteiger partial charge in [0.1, 0.15) is 5.82 Å². The van der Waals surface area contributed by atoms with Crippen LogP contribution in [0.2, 0.25) is 0 Å². The third-order valence-electron chi connectivity index (χ3n) is 1.61. The fourth-order valence-electron chi connectivity index (χ4n) is 1.07. The highest BCUT2D eigenvalue weighted by atomic mass is 19.1. The number of nitrogens with one attached hydrogen (secondary N) is 1. The number of hydrogen-bond donors (Lipinski definition) is 1. The van der Waals surface area contributed by atoms with Crippen LogP contribution < -0.4 is 5.32 Å². The quantitative estimate of drug-likeness (QED) is 0.714. The van der Waals surface area contributed by atoms with Crippen molar-refractivity contribution < 1.29 is 4.39 Å². The number of halogens is 1. The van der Waals surface area contributed by atoms with Crippen LogP contribution in [0.4, 0.5) is 10.1 Å². The molecule has 1 aromatic rings. The van der Waals surface area contributed by atoms with Crippen molar-refractivity contribution in [2.24, 2.45) is 0 Å². The van der Waals surface area contributed by atoms with E-state index in [-0.39, 0.29) is 5.82 Å². The summed E-state index contributed by atoms with van der Waals surface area (Å²) < 4.78 is 12.8. The topological polar surface area (TPSA) is 12.0 Å². The van der Waals surface area contributed by atoms with E-state index in [2.05, 4.69) is 19.2 Å². The monoisotopic (exact) mass is 167 g/mol. The molecule has 0 heterocycles. The molecule has 1 rings (SSSR count). The van der Waals surface area contributed by atoms with Gasteiger partial charge in [0.15, 0.2) is 0 Å². The van der Waals surface area contributed by atoms with Crippen molar-refractivity contribution in [2.45, 2.75) is 26.8 Å². The zero-order valence-corrected chi connectivity index (χ0v) is 7.69. The maximum absolute atomic E-state index is 12.8. The molecule has 66 valence electrons. The Balaban J connectivity index is 2.82. The molecule has 0 bridgehead atoms. The van der Waals surface area contributed by atoms with Crippen molar-refractivity contribution in [3.8, 4) is 0 Å². The summed E-state index contributed by atoms with van der Waals surface area (Å²) in [5, 5.41) is 3.21. The molecule has 0 saturated carbocycles. The van der Waals surface area contributed by atoms with Crippen molar-refractivity contribution >= 4 is 5.69 Å². The van der Waals surface area contributed by atoms with Gasteiger partial charge in [-0.25, -0.2) is 4.39 Å². The lowest BCUT2D eigenvalue weighted by molar-refractivity contribution is 0.618. The number of aryl methyl sites for hydroxylation is 1. The Kier molecular flexibility index (Phi) is 2.69. The summed E-state index contributed by atoms with van der Waals surface area (Å²) in [6.45, 7) is 5.87. The molecule has 12 heavy (non-hydrogen) atoms. The van der Waals surface area contributed by atoms with Gasteiger partial charge in [-0.3, -0.25) is 0 Å². The second-order valence-corrected chi connectivity index (χ2v) is 3.26. The van der Waals surface area contributed by atoms with Crippen LogP contribution in [0.3, 0.4) is 0 Å². The van der Waals surface area contributed by atoms with Gasteiger partial charge in [-0.2, -0.15) is 0 Å². The first-order valence-corrected chi connectivity index (χ1v) is 4.12. The summed E-state index contributed by atoms with van der Waals surface area (Å²) in [7, 11) is 0. The summed E-state index contributed by atoms with van der Waals surface area (Å²) >= 11 is 0. The van der Waals surface area contributed by atoms with E-state index in [1.807, 2.05) is 6.07 Å². The minimum Gasteiger partial charge on any atom is -0.383 e. The number of rotatable bonds is 2. The van der Waals surface area contributed by atoms with Crippen molar-refractivity contribution in [3.05, 3.63) is 29.6 Å². The number of anilines is 1. The zero-order valence-electron chi connectivity index (χ0n) is 7.69. The predicted molar refractivity (Wildman–Crippen MR) is 49.9 cm³/mol. The maximum atomic E-state index is 12.8. The van der Waals surface area contributed by atoms with E-state index >= 15 is 0 Å². The highest BCUT2D eigenvalue weighted by Gasteiger charge is 1.99. The Morgan fingerprint density at radius 1 is 1.33 bits per heavy atom. The van der Waals surface area contributed by atoms with Crippen LogP contribution in [0.1, 0.15) is 19.4 Å². The Hall–Kier alpha value is -1.05. The van der Waals surface area contributed by atoms with Gasteiger partial charge >= 0.3 is 0 Å². The van der Waals surface area contributed by atoms with Crippen LogP contribution in [0.25, 0.3) is 0 Å². The minimum atomic E-state index is -0.149. The van der Waals surface area contributed by atoms with Gasteiger partial charge in [-0.15, -0.1) is 0 Å². The zero-order chi connectivity index (χ0) is 9.14. The van der Waals surface area contributed by atoms with Crippen LogP contribution in [0, 0.1) is 12.7 Å². The van der Waals surface area contributed by atoms with Gasteiger partial charge < -0.3 is 5.32 Å². The molecule has 0 aliphatic heterocycles. The second-order valence-electron chi connectivity index (χ2n) is 3.26. The van der Waals surface area contributed by atoms with Gasteiger partial charge in [0.25, 0.3) is 0 Å². The molecular formula is C10H14FN. The normalized spacial score (nSPS) is 10.4. The molecule has 1 aromatic carbocycles. The lowest BCUT2D eigenvalue weighted by Crippen LogP contribution is -2.09. The largest absolute Gasteiger partial charge is 0.383 e. The second kappa shape index (κ2) is 3.57. The summed E-state index contributed by atoms with van der Waals surface area (Å²) in [6.07, 6.45) is 0. The summed E-state index contributed by atoms with van der Waals surface area (Å²) in [4.78, 5) is 0. The van der Waals surface area contributed by atoms with Gasteiger partial charge in [0.05, 0.1) is 0 Å². The molecule has 0 amide bonds. The summed E-state index contributed by atoms with van der Waals surface area (Å²) in [5.74, 6) is -0.149. The van der Waals surface area contributed by atoms with Crippen molar-refractivity contribution in [1.29, 1.82) is 0 Å². The fourth-order valence-corrected chi connectivity index (χ4v) is 1.07. The Labute approximate surface area is 72.6 Å². The highest BCUT2D eigenvalue weighted by molar-refractivity contribution is 5.46. The number of benzene rings is 1. The highest BCUT2D eigenvalue weighted by Crippen LogP contribution is 2.14.